The fourth-order valence-electron chi connectivity index (χ4n) is 7.68. The van der Waals surface area contributed by atoms with Crippen LogP contribution in [0.5, 0.6) is 0 Å². The molecule has 0 fully saturated rings. The van der Waals surface area contributed by atoms with Gasteiger partial charge in [0.1, 0.15) is 13.2 Å². The van der Waals surface area contributed by atoms with E-state index in [-0.39, 0.29) is 31.1 Å². The number of esters is 3. The van der Waals surface area contributed by atoms with Crippen LogP contribution in [0.15, 0.2) is 48.6 Å². The first-order valence-corrected chi connectivity index (χ1v) is 27.1. The maximum Gasteiger partial charge on any atom is 0.306 e. The Morgan fingerprint density at radius 2 is 0.571 bits per heavy atom. The van der Waals surface area contributed by atoms with E-state index in [4.69, 9.17) is 14.2 Å². The van der Waals surface area contributed by atoms with Crippen molar-refractivity contribution in [3.8, 4) is 0 Å². The van der Waals surface area contributed by atoms with Crippen LogP contribution in [0.1, 0.15) is 278 Å². The van der Waals surface area contributed by atoms with Crippen LogP contribution in [0, 0.1) is 0 Å². The van der Waals surface area contributed by atoms with Crippen LogP contribution in [-0.2, 0) is 28.6 Å². The third-order valence-corrected chi connectivity index (χ3v) is 11.8. The van der Waals surface area contributed by atoms with E-state index in [1.165, 1.54) is 154 Å². The summed E-state index contributed by atoms with van der Waals surface area (Å²) >= 11 is 0. The molecule has 0 radical (unpaired) electrons. The average Bonchev–Trinajstić information content (AvgIpc) is 3.28. The van der Waals surface area contributed by atoms with Crippen molar-refractivity contribution < 1.29 is 28.6 Å². The zero-order chi connectivity index (χ0) is 45.8. The fraction of sp³-hybridized carbons (Fsp3) is 0.807. The minimum absolute atomic E-state index is 0.0773. The van der Waals surface area contributed by atoms with Crippen LogP contribution in [0.3, 0.4) is 0 Å². The summed E-state index contributed by atoms with van der Waals surface area (Å²) in [4.78, 5) is 37.7. The van der Waals surface area contributed by atoms with Crippen LogP contribution >= 0.6 is 0 Å². The predicted molar refractivity (Wildman–Crippen MR) is 270 cm³/mol. The van der Waals surface area contributed by atoms with Crippen molar-refractivity contribution in [1.29, 1.82) is 0 Å². The Labute approximate surface area is 390 Å². The van der Waals surface area contributed by atoms with Crippen molar-refractivity contribution in [3.05, 3.63) is 48.6 Å². The third-order valence-electron chi connectivity index (χ3n) is 11.8. The zero-order valence-electron chi connectivity index (χ0n) is 41.8. The van der Waals surface area contributed by atoms with Gasteiger partial charge in [0.25, 0.3) is 0 Å². The number of ether oxygens (including phenoxy) is 3. The Morgan fingerprint density at radius 1 is 0.317 bits per heavy atom. The molecular weight excluding hydrogens is 781 g/mol. The molecule has 63 heavy (non-hydrogen) atoms. The van der Waals surface area contributed by atoms with Gasteiger partial charge in [0.2, 0.25) is 0 Å². The summed E-state index contributed by atoms with van der Waals surface area (Å²) in [5.74, 6) is -0.895. The molecule has 1 unspecified atom stereocenters. The summed E-state index contributed by atoms with van der Waals surface area (Å²) in [7, 11) is 0. The average molecular weight is 883 g/mol. The lowest BCUT2D eigenvalue weighted by atomic mass is 10.1. The lowest BCUT2D eigenvalue weighted by molar-refractivity contribution is -0.167. The van der Waals surface area contributed by atoms with Gasteiger partial charge < -0.3 is 14.2 Å². The van der Waals surface area contributed by atoms with Gasteiger partial charge in [-0.2, -0.15) is 0 Å². The van der Waals surface area contributed by atoms with E-state index >= 15 is 0 Å². The van der Waals surface area contributed by atoms with Crippen LogP contribution in [0.4, 0.5) is 0 Å². The number of hydrogen-bond donors (Lipinski definition) is 0. The van der Waals surface area contributed by atoms with Gasteiger partial charge in [-0.3, -0.25) is 14.4 Å². The van der Waals surface area contributed by atoms with Crippen LogP contribution in [0.2, 0.25) is 0 Å². The van der Waals surface area contributed by atoms with Crippen molar-refractivity contribution >= 4 is 17.9 Å². The second kappa shape index (κ2) is 52.0. The molecule has 0 heterocycles. The van der Waals surface area contributed by atoms with E-state index in [0.717, 1.165) is 83.5 Å². The van der Waals surface area contributed by atoms with Crippen LogP contribution in [0.25, 0.3) is 0 Å². The summed E-state index contributed by atoms with van der Waals surface area (Å²) in [5, 5.41) is 0. The number of carbonyl (C=O) groups is 3. The van der Waals surface area contributed by atoms with Gasteiger partial charge in [0.15, 0.2) is 6.10 Å². The molecule has 0 amide bonds. The second-order valence-electron chi connectivity index (χ2n) is 18.1. The minimum Gasteiger partial charge on any atom is -0.462 e. The number of rotatable bonds is 49. The Balaban J connectivity index is 4.13. The monoisotopic (exact) mass is 883 g/mol. The lowest BCUT2D eigenvalue weighted by Gasteiger charge is -2.18. The molecule has 0 rings (SSSR count). The molecule has 366 valence electrons. The van der Waals surface area contributed by atoms with Gasteiger partial charge in [-0.05, 0) is 83.5 Å². The van der Waals surface area contributed by atoms with Gasteiger partial charge in [-0.1, -0.05) is 223 Å². The van der Waals surface area contributed by atoms with Crippen molar-refractivity contribution in [3.63, 3.8) is 0 Å². The van der Waals surface area contributed by atoms with Crippen molar-refractivity contribution in [2.75, 3.05) is 13.2 Å². The van der Waals surface area contributed by atoms with Crippen LogP contribution in [-0.4, -0.2) is 37.2 Å². The Bertz CT molecular complexity index is 1110. The second-order valence-corrected chi connectivity index (χ2v) is 18.1. The normalized spacial score (nSPS) is 12.4. The molecule has 0 aliphatic carbocycles. The highest BCUT2D eigenvalue weighted by Gasteiger charge is 2.19. The molecule has 0 aromatic carbocycles. The smallest absolute Gasteiger partial charge is 0.306 e. The first kappa shape index (κ1) is 60.4. The third kappa shape index (κ3) is 50.2. The molecule has 6 nitrogen and oxygen atoms in total. The van der Waals surface area contributed by atoms with E-state index in [1.54, 1.807) is 0 Å². The standard InChI is InChI=1S/C57H102O6/c1-4-7-10-13-15-17-19-21-23-25-26-27-28-29-30-32-33-35-37-39-41-44-47-50-56(59)62-53-54(52-61-55(58)49-46-43-12-9-6-3)63-57(60)51-48-45-42-40-38-36-34-31-24-22-20-18-16-14-11-8-5-2/h19,21-22,24-26,28-29,54H,4-18,20,23,27,30-53H2,1-3H3/b21-19-,24-22-,26-25-,29-28-. The summed E-state index contributed by atoms with van der Waals surface area (Å²) < 4.78 is 16.7. The molecule has 0 saturated carbocycles. The molecule has 0 aromatic rings. The van der Waals surface area contributed by atoms with E-state index in [1.807, 2.05) is 0 Å². The van der Waals surface area contributed by atoms with E-state index in [0.29, 0.717) is 19.3 Å². The summed E-state index contributed by atoms with van der Waals surface area (Å²) in [6.07, 6.45) is 62.8. The maximum absolute atomic E-state index is 12.7. The predicted octanol–water partition coefficient (Wildman–Crippen LogP) is 17.9. The first-order chi connectivity index (χ1) is 31.0. The summed E-state index contributed by atoms with van der Waals surface area (Å²) in [6, 6.07) is 0. The highest BCUT2D eigenvalue weighted by Crippen LogP contribution is 2.15. The van der Waals surface area contributed by atoms with Crippen molar-refractivity contribution in [1.82, 2.24) is 0 Å². The molecule has 0 N–H and O–H groups in total. The highest BCUT2D eigenvalue weighted by atomic mass is 16.6. The van der Waals surface area contributed by atoms with Gasteiger partial charge in [0.05, 0.1) is 0 Å². The number of unbranched alkanes of at least 4 members (excludes halogenated alkanes) is 30. The summed E-state index contributed by atoms with van der Waals surface area (Å²) in [5.41, 5.74) is 0. The van der Waals surface area contributed by atoms with E-state index in [2.05, 4.69) is 69.4 Å². The molecule has 0 aliphatic heterocycles. The molecule has 0 saturated heterocycles. The SMILES string of the molecule is CCCCCCC/C=C\C/C=C\C/C=C\CCCCCCCCCCC(=O)OCC(COC(=O)CCCCCCC)OC(=O)CCCCCCCCC/C=C\CCCCCCCC. The van der Waals surface area contributed by atoms with Gasteiger partial charge >= 0.3 is 17.9 Å². The van der Waals surface area contributed by atoms with Crippen molar-refractivity contribution in [2.24, 2.45) is 0 Å². The van der Waals surface area contributed by atoms with Gasteiger partial charge in [-0.25, -0.2) is 0 Å². The quantitative estimate of drug-likeness (QED) is 0.0262. The highest BCUT2D eigenvalue weighted by molar-refractivity contribution is 5.71. The fourth-order valence-corrected chi connectivity index (χ4v) is 7.68. The molecule has 0 aliphatic rings. The Morgan fingerprint density at radius 3 is 0.905 bits per heavy atom. The minimum atomic E-state index is -0.773. The number of carbonyl (C=O) groups excluding carboxylic acids is 3. The molecule has 0 bridgehead atoms. The molecule has 6 heteroatoms. The first-order valence-electron chi connectivity index (χ1n) is 27.1. The van der Waals surface area contributed by atoms with Gasteiger partial charge in [-0.15, -0.1) is 0 Å². The maximum atomic E-state index is 12.7. The lowest BCUT2D eigenvalue weighted by Crippen LogP contribution is -2.30. The van der Waals surface area contributed by atoms with Crippen molar-refractivity contribution in [2.45, 2.75) is 284 Å². The molecule has 1 atom stereocenters. The Kier molecular flexibility index (Phi) is 49.8. The largest absolute Gasteiger partial charge is 0.462 e. The summed E-state index contributed by atoms with van der Waals surface area (Å²) in [6.45, 7) is 6.55. The topological polar surface area (TPSA) is 78.9 Å². The Hall–Kier alpha value is -2.63. The van der Waals surface area contributed by atoms with Gasteiger partial charge in [0, 0.05) is 19.3 Å². The number of hydrogen-bond acceptors (Lipinski definition) is 6. The molecule has 0 aromatic heterocycles. The van der Waals surface area contributed by atoms with E-state index in [9.17, 15) is 14.4 Å². The molecular formula is C57H102O6. The van der Waals surface area contributed by atoms with Crippen LogP contribution < -0.4 is 0 Å². The number of allylic oxidation sites excluding steroid dienone is 8. The van der Waals surface area contributed by atoms with E-state index < -0.39 is 6.10 Å². The zero-order valence-corrected chi connectivity index (χ0v) is 41.8. The molecule has 0 spiro atoms.